The number of hydrogen-bond donors (Lipinski definition) is 0. The van der Waals surface area contributed by atoms with Crippen molar-refractivity contribution in [2.24, 2.45) is 5.10 Å². The van der Waals surface area contributed by atoms with Crippen LogP contribution in [-0.2, 0) is 0 Å². The van der Waals surface area contributed by atoms with E-state index in [0.717, 1.165) is 0 Å². The minimum absolute atomic E-state index is 0.0990. The second-order valence-corrected chi connectivity index (χ2v) is 4.45. The van der Waals surface area contributed by atoms with Gasteiger partial charge in [0.15, 0.2) is 0 Å². The van der Waals surface area contributed by atoms with Crippen molar-refractivity contribution in [1.29, 1.82) is 0 Å². The molecule has 0 amide bonds. The molecule has 0 aliphatic heterocycles. The zero-order valence-corrected chi connectivity index (χ0v) is 11.8. The third kappa shape index (κ3) is 3.38. The highest BCUT2D eigenvalue weighted by molar-refractivity contribution is 5.83. The largest absolute Gasteiger partial charge is 0.449 e. The fraction of sp³-hybridized carbons (Fsp3) is 0. The molecule has 0 radical (unpaired) electrons. The molecule has 8 heteroatoms. The molecule has 0 bridgehead atoms. The van der Waals surface area contributed by atoms with Crippen LogP contribution in [0.25, 0.3) is 0 Å². The summed E-state index contributed by atoms with van der Waals surface area (Å²) in [5.41, 5.74) is 0.567. The number of rotatable bonds is 5. The molecule has 0 saturated heterocycles. The Morgan fingerprint density at radius 2 is 1.70 bits per heavy atom. The Labute approximate surface area is 130 Å². The van der Waals surface area contributed by atoms with E-state index in [1.54, 1.807) is 42.6 Å². The lowest BCUT2D eigenvalue weighted by atomic mass is 10.2. The molecule has 3 aromatic rings. The van der Waals surface area contributed by atoms with Gasteiger partial charge >= 0.3 is 5.69 Å². The SMILES string of the molecule is O=[N+]([O-])c1ccccc1Oc1ccccc1/C=N\n1cnnc1. The van der Waals surface area contributed by atoms with Crippen LogP contribution in [0.2, 0.25) is 0 Å². The van der Waals surface area contributed by atoms with E-state index in [1.807, 2.05) is 6.07 Å². The summed E-state index contributed by atoms with van der Waals surface area (Å²) in [4.78, 5) is 10.6. The third-order valence-corrected chi connectivity index (χ3v) is 2.94. The quantitative estimate of drug-likeness (QED) is 0.410. The lowest BCUT2D eigenvalue weighted by Gasteiger charge is -2.08. The maximum Gasteiger partial charge on any atom is 0.311 e. The predicted molar refractivity (Wildman–Crippen MR) is 82.6 cm³/mol. The maximum absolute atomic E-state index is 11.1. The molecule has 0 saturated carbocycles. The number of benzene rings is 2. The van der Waals surface area contributed by atoms with E-state index >= 15 is 0 Å². The number of nitro benzene ring substituents is 1. The van der Waals surface area contributed by atoms with Gasteiger partial charge in [0.05, 0.1) is 11.1 Å². The molecule has 3 rings (SSSR count). The van der Waals surface area contributed by atoms with E-state index in [1.165, 1.54) is 23.4 Å². The summed E-state index contributed by atoms with van der Waals surface area (Å²) < 4.78 is 7.13. The summed E-state index contributed by atoms with van der Waals surface area (Å²) in [5.74, 6) is 0.626. The van der Waals surface area contributed by atoms with Crippen molar-refractivity contribution in [3.05, 3.63) is 76.9 Å². The molecule has 8 nitrogen and oxygen atoms in total. The summed E-state index contributed by atoms with van der Waals surface area (Å²) in [6.07, 6.45) is 4.46. The van der Waals surface area contributed by atoms with Crippen molar-refractivity contribution in [1.82, 2.24) is 14.9 Å². The number of para-hydroxylation sites is 3. The highest BCUT2D eigenvalue weighted by atomic mass is 16.6. The normalized spacial score (nSPS) is 10.8. The zero-order valence-electron chi connectivity index (χ0n) is 11.8. The van der Waals surface area contributed by atoms with Gasteiger partial charge in [-0.05, 0) is 18.2 Å². The first kappa shape index (κ1) is 14.4. The Morgan fingerprint density at radius 1 is 1.04 bits per heavy atom. The van der Waals surface area contributed by atoms with Gasteiger partial charge in [-0.1, -0.05) is 24.3 Å². The minimum atomic E-state index is -0.483. The molecule has 1 aromatic heterocycles. The van der Waals surface area contributed by atoms with Crippen molar-refractivity contribution in [2.75, 3.05) is 0 Å². The van der Waals surface area contributed by atoms with Crippen LogP contribution < -0.4 is 4.74 Å². The van der Waals surface area contributed by atoms with E-state index in [-0.39, 0.29) is 11.4 Å². The minimum Gasteiger partial charge on any atom is -0.449 e. The summed E-state index contributed by atoms with van der Waals surface area (Å²) in [5, 5.41) is 22.5. The van der Waals surface area contributed by atoms with Crippen LogP contribution in [0.1, 0.15) is 5.56 Å². The van der Waals surface area contributed by atoms with E-state index in [9.17, 15) is 10.1 Å². The lowest BCUT2D eigenvalue weighted by molar-refractivity contribution is -0.385. The topological polar surface area (TPSA) is 95.4 Å². The van der Waals surface area contributed by atoms with Crippen LogP contribution in [0.4, 0.5) is 5.69 Å². The van der Waals surface area contributed by atoms with Gasteiger partial charge in [-0.25, -0.2) is 4.68 Å². The van der Waals surface area contributed by atoms with Crippen LogP contribution in [0.3, 0.4) is 0 Å². The summed E-state index contributed by atoms with van der Waals surface area (Å²) in [6, 6.07) is 13.3. The Bertz CT molecular complexity index is 846. The monoisotopic (exact) mass is 309 g/mol. The van der Waals surface area contributed by atoms with Crippen LogP contribution >= 0.6 is 0 Å². The predicted octanol–water partition coefficient (Wildman–Crippen LogP) is 2.86. The van der Waals surface area contributed by atoms with Gasteiger partial charge in [-0.3, -0.25) is 10.1 Å². The van der Waals surface area contributed by atoms with Crippen molar-refractivity contribution in [3.8, 4) is 11.5 Å². The number of hydrogen-bond acceptors (Lipinski definition) is 6. The summed E-state index contributed by atoms with van der Waals surface area (Å²) in [6.45, 7) is 0. The highest BCUT2D eigenvalue weighted by Crippen LogP contribution is 2.31. The molecule has 0 N–H and O–H groups in total. The van der Waals surface area contributed by atoms with Crippen molar-refractivity contribution in [3.63, 3.8) is 0 Å². The highest BCUT2D eigenvalue weighted by Gasteiger charge is 2.15. The van der Waals surface area contributed by atoms with Crippen molar-refractivity contribution < 1.29 is 9.66 Å². The van der Waals surface area contributed by atoms with E-state index in [0.29, 0.717) is 11.3 Å². The van der Waals surface area contributed by atoms with Gasteiger partial charge < -0.3 is 4.74 Å². The molecule has 0 aliphatic carbocycles. The molecule has 0 aliphatic rings. The molecule has 0 atom stereocenters. The van der Waals surface area contributed by atoms with Gasteiger partial charge in [0.25, 0.3) is 0 Å². The number of nitro groups is 1. The lowest BCUT2D eigenvalue weighted by Crippen LogP contribution is -1.96. The van der Waals surface area contributed by atoms with Crippen LogP contribution in [-0.4, -0.2) is 26.0 Å². The Kier molecular flexibility index (Phi) is 4.05. The average molecular weight is 309 g/mol. The summed E-state index contributed by atoms with van der Waals surface area (Å²) in [7, 11) is 0. The molecule has 114 valence electrons. The van der Waals surface area contributed by atoms with Gasteiger partial charge in [0.1, 0.15) is 18.4 Å². The summed E-state index contributed by atoms with van der Waals surface area (Å²) >= 11 is 0. The van der Waals surface area contributed by atoms with Crippen molar-refractivity contribution >= 4 is 11.9 Å². The molecule has 2 aromatic carbocycles. The Morgan fingerprint density at radius 3 is 2.43 bits per heavy atom. The smallest absolute Gasteiger partial charge is 0.311 e. The fourth-order valence-electron chi connectivity index (χ4n) is 1.88. The first-order chi connectivity index (χ1) is 11.2. The molecular formula is C15H11N5O3. The maximum atomic E-state index is 11.1. The van der Waals surface area contributed by atoms with Crippen LogP contribution in [0, 0.1) is 10.1 Å². The second kappa shape index (κ2) is 6.48. The van der Waals surface area contributed by atoms with Gasteiger partial charge in [0.2, 0.25) is 5.75 Å². The van der Waals surface area contributed by atoms with E-state index in [4.69, 9.17) is 4.74 Å². The van der Waals surface area contributed by atoms with Crippen LogP contribution in [0.5, 0.6) is 11.5 Å². The van der Waals surface area contributed by atoms with Gasteiger partial charge in [0, 0.05) is 11.6 Å². The van der Waals surface area contributed by atoms with Crippen molar-refractivity contribution in [2.45, 2.75) is 0 Å². The van der Waals surface area contributed by atoms with Gasteiger partial charge in [-0.2, -0.15) is 5.10 Å². The first-order valence-corrected chi connectivity index (χ1v) is 6.63. The molecular weight excluding hydrogens is 298 g/mol. The fourth-order valence-corrected chi connectivity index (χ4v) is 1.88. The van der Waals surface area contributed by atoms with Crippen LogP contribution in [0.15, 0.2) is 66.3 Å². The third-order valence-electron chi connectivity index (χ3n) is 2.94. The van der Waals surface area contributed by atoms with E-state index in [2.05, 4.69) is 15.3 Å². The molecule has 0 fully saturated rings. The zero-order chi connectivity index (χ0) is 16.1. The second-order valence-electron chi connectivity index (χ2n) is 4.45. The average Bonchev–Trinajstić information content (AvgIpc) is 3.08. The van der Waals surface area contributed by atoms with Gasteiger partial charge in [-0.15, -0.1) is 10.2 Å². The molecule has 0 spiro atoms. The molecule has 23 heavy (non-hydrogen) atoms. The Hall–Kier alpha value is -3.55. The standard InChI is InChI=1S/C15H11N5O3/c21-20(22)13-6-2-4-8-15(13)23-14-7-3-1-5-12(14)9-18-19-10-16-17-11-19/h1-11H/b18-9-. The number of nitrogens with zero attached hydrogens (tertiary/aromatic N) is 5. The first-order valence-electron chi connectivity index (χ1n) is 6.63. The number of ether oxygens (including phenoxy) is 1. The Balaban J connectivity index is 1.91. The van der Waals surface area contributed by atoms with E-state index < -0.39 is 4.92 Å². The molecule has 1 heterocycles. The number of aromatic nitrogens is 3. The molecule has 0 unspecified atom stereocenters.